The number of Topliss-reactive ketones (excluding diaryl/α,β-unsaturated/α-hetero) is 1. The van der Waals surface area contributed by atoms with E-state index in [9.17, 15) is 4.79 Å². The van der Waals surface area contributed by atoms with Gasteiger partial charge < -0.3 is 9.47 Å². The third-order valence-electron chi connectivity index (χ3n) is 4.17. The summed E-state index contributed by atoms with van der Waals surface area (Å²) in [6, 6.07) is 10.5. The molecule has 0 saturated carbocycles. The zero-order valence-electron chi connectivity index (χ0n) is 13.4. The second-order valence-corrected chi connectivity index (χ2v) is 7.20. The zero-order chi connectivity index (χ0) is 15.9. The lowest BCUT2D eigenvalue weighted by atomic mass is 10.1. The van der Waals surface area contributed by atoms with Crippen molar-refractivity contribution < 1.29 is 14.3 Å². The third kappa shape index (κ3) is 5.20. The van der Waals surface area contributed by atoms with E-state index in [1.807, 2.05) is 12.1 Å². The number of allylic oxidation sites excluding steroid dienone is 1. The first-order chi connectivity index (χ1) is 11.3. The average molecular weight is 332 g/mol. The monoisotopic (exact) mass is 332 g/mol. The number of hydrogen-bond donors (Lipinski definition) is 0. The van der Waals surface area contributed by atoms with Crippen LogP contribution >= 0.6 is 11.8 Å². The van der Waals surface area contributed by atoms with Crippen LogP contribution in [0.1, 0.15) is 37.7 Å². The Hall–Kier alpha value is -1.10. The number of ether oxygens (including phenoxy) is 2. The molecule has 0 spiro atoms. The molecule has 0 bridgehead atoms. The normalized spacial score (nSPS) is 24.7. The van der Waals surface area contributed by atoms with E-state index < -0.39 is 0 Å². The first-order valence-electron chi connectivity index (χ1n) is 8.50. The fourth-order valence-electron chi connectivity index (χ4n) is 2.94. The topological polar surface area (TPSA) is 35.5 Å². The van der Waals surface area contributed by atoms with E-state index in [-0.39, 0.29) is 18.2 Å². The first-order valence-corrected chi connectivity index (χ1v) is 9.48. The molecule has 124 valence electrons. The van der Waals surface area contributed by atoms with E-state index in [1.54, 1.807) is 11.8 Å². The van der Waals surface area contributed by atoms with Crippen molar-refractivity contribution in [1.82, 2.24) is 0 Å². The van der Waals surface area contributed by atoms with Crippen LogP contribution in [0.4, 0.5) is 0 Å². The Labute approximate surface area is 142 Å². The van der Waals surface area contributed by atoms with Gasteiger partial charge in [0, 0.05) is 17.9 Å². The number of carbonyl (C=O) groups is 1. The second kappa shape index (κ2) is 8.67. The molecule has 23 heavy (non-hydrogen) atoms. The van der Waals surface area contributed by atoms with Crippen molar-refractivity contribution in [3.05, 3.63) is 46.9 Å². The van der Waals surface area contributed by atoms with Gasteiger partial charge in [-0.1, -0.05) is 30.3 Å². The first kappa shape index (κ1) is 16.7. The molecule has 0 aromatic heterocycles. The highest BCUT2D eigenvalue weighted by Gasteiger charge is 2.28. The lowest BCUT2D eigenvalue weighted by Crippen LogP contribution is -2.26. The summed E-state index contributed by atoms with van der Waals surface area (Å²) in [5, 5.41) is 0. The summed E-state index contributed by atoms with van der Waals surface area (Å²) in [4.78, 5) is 13.0. The summed E-state index contributed by atoms with van der Waals surface area (Å²) in [7, 11) is 0. The van der Waals surface area contributed by atoms with E-state index in [4.69, 9.17) is 9.47 Å². The van der Waals surface area contributed by atoms with Crippen molar-refractivity contribution in [2.75, 3.05) is 12.4 Å². The summed E-state index contributed by atoms with van der Waals surface area (Å²) in [6.45, 7) is 0.774. The van der Waals surface area contributed by atoms with Gasteiger partial charge in [-0.3, -0.25) is 4.79 Å². The molecule has 3 rings (SSSR count). The number of ketones is 1. The van der Waals surface area contributed by atoms with Gasteiger partial charge >= 0.3 is 0 Å². The molecule has 1 aliphatic heterocycles. The van der Waals surface area contributed by atoms with Crippen molar-refractivity contribution in [1.29, 1.82) is 0 Å². The molecule has 0 N–H and O–H groups in total. The summed E-state index contributed by atoms with van der Waals surface area (Å²) in [6.07, 6.45) is 7.59. The number of carbonyl (C=O) groups excluding carboxylic acids is 1. The van der Waals surface area contributed by atoms with E-state index >= 15 is 0 Å². The lowest BCUT2D eigenvalue weighted by Gasteiger charge is -2.24. The smallest absolute Gasteiger partial charge is 0.171 e. The zero-order valence-corrected chi connectivity index (χ0v) is 14.2. The fraction of sp³-hybridized carbons (Fsp3) is 0.526. The van der Waals surface area contributed by atoms with E-state index in [1.165, 1.54) is 5.56 Å². The largest absolute Gasteiger partial charge is 0.353 e. The van der Waals surface area contributed by atoms with Crippen LogP contribution in [0.3, 0.4) is 0 Å². The van der Waals surface area contributed by atoms with Gasteiger partial charge in [-0.25, -0.2) is 0 Å². The van der Waals surface area contributed by atoms with Crippen LogP contribution in [-0.4, -0.2) is 30.5 Å². The van der Waals surface area contributed by atoms with Crippen LogP contribution in [0, 0.1) is 0 Å². The number of hydrogen-bond acceptors (Lipinski definition) is 4. The molecule has 2 unspecified atom stereocenters. The highest BCUT2D eigenvalue weighted by Crippen LogP contribution is 2.29. The van der Waals surface area contributed by atoms with Crippen molar-refractivity contribution in [2.45, 2.75) is 50.9 Å². The SMILES string of the molecule is O=C1CC(OC2CCCCO2)C=C1SCCCc1ccccc1. The molecule has 3 nitrogen and oxygen atoms in total. The quantitative estimate of drug-likeness (QED) is 0.704. The minimum atomic E-state index is -0.125. The minimum Gasteiger partial charge on any atom is -0.353 e. The van der Waals surface area contributed by atoms with Crippen molar-refractivity contribution in [3.8, 4) is 0 Å². The number of thioether (sulfide) groups is 1. The van der Waals surface area contributed by atoms with Gasteiger partial charge in [-0.2, -0.15) is 0 Å². The molecule has 2 atom stereocenters. The highest BCUT2D eigenvalue weighted by molar-refractivity contribution is 8.04. The molecule has 1 saturated heterocycles. The van der Waals surface area contributed by atoms with Gasteiger partial charge in [0.15, 0.2) is 12.1 Å². The van der Waals surface area contributed by atoms with E-state index in [0.717, 1.165) is 49.4 Å². The van der Waals surface area contributed by atoms with Crippen LogP contribution in [-0.2, 0) is 20.7 Å². The summed E-state index contributed by atoms with van der Waals surface area (Å²) in [5.74, 6) is 1.19. The second-order valence-electron chi connectivity index (χ2n) is 6.07. The Bertz CT molecular complexity index is 535. The highest BCUT2D eigenvalue weighted by atomic mass is 32.2. The molecule has 1 heterocycles. The van der Waals surface area contributed by atoms with Crippen molar-refractivity contribution in [2.24, 2.45) is 0 Å². The number of rotatable bonds is 7. The predicted octanol–water partition coefficient (Wildman–Crippen LogP) is 4.12. The molecule has 1 aliphatic carbocycles. The molecule has 1 fully saturated rings. The molecule has 2 aliphatic rings. The van der Waals surface area contributed by atoms with Crippen LogP contribution < -0.4 is 0 Å². The van der Waals surface area contributed by atoms with Gasteiger partial charge in [0.1, 0.15) is 0 Å². The molecule has 0 radical (unpaired) electrons. The predicted molar refractivity (Wildman–Crippen MR) is 93.4 cm³/mol. The minimum absolute atomic E-state index is 0.0952. The Morgan fingerprint density at radius 2 is 2.09 bits per heavy atom. The Morgan fingerprint density at radius 1 is 1.22 bits per heavy atom. The summed E-state index contributed by atoms with van der Waals surface area (Å²) < 4.78 is 11.5. The van der Waals surface area contributed by atoms with Gasteiger partial charge in [0.25, 0.3) is 0 Å². The van der Waals surface area contributed by atoms with Gasteiger partial charge in [0.05, 0.1) is 6.10 Å². The van der Waals surface area contributed by atoms with Crippen LogP contribution in [0.2, 0.25) is 0 Å². The fourth-order valence-corrected chi connectivity index (χ4v) is 3.94. The molecule has 1 aromatic carbocycles. The van der Waals surface area contributed by atoms with Gasteiger partial charge in [-0.05, 0) is 49.5 Å². The molecule has 4 heteroatoms. The Balaban J connectivity index is 1.40. The average Bonchev–Trinajstić information content (AvgIpc) is 2.93. The maximum Gasteiger partial charge on any atom is 0.171 e. The van der Waals surface area contributed by atoms with Crippen molar-refractivity contribution >= 4 is 17.5 Å². The van der Waals surface area contributed by atoms with Crippen LogP contribution in [0.25, 0.3) is 0 Å². The maximum absolute atomic E-state index is 12.1. The summed E-state index contributed by atoms with van der Waals surface area (Å²) >= 11 is 1.67. The molecular weight excluding hydrogens is 308 g/mol. The maximum atomic E-state index is 12.1. The lowest BCUT2D eigenvalue weighted by molar-refractivity contribution is -0.178. The number of benzene rings is 1. The summed E-state index contributed by atoms with van der Waals surface area (Å²) in [5.41, 5.74) is 1.36. The van der Waals surface area contributed by atoms with Crippen molar-refractivity contribution in [3.63, 3.8) is 0 Å². The Morgan fingerprint density at radius 3 is 2.87 bits per heavy atom. The third-order valence-corrected chi connectivity index (χ3v) is 5.34. The standard InChI is InChI=1S/C19H24O3S/c20-17-13-16(22-19-10-4-5-11-21-19)14-18(17)23-12-6-9-15-7-2-1-3-8-15/h1-3,7-8,14,16,19H,4-6,9-13H2. The van der Waals surface area contributed by atoms with Gasteiger partial charge in [0.2, 0.25) is 0 Å². The number of aryl methyl sites for hydroxylation is 1. The molecule has 0 amide bonds. The van der Waals surface area contributed by atoms with E-state index in [0.29, 0.717) is 6.42 Å². The Kier molecular flexibility index (Phi) is 6.31. The van der Waals surface area contributed by atoms with E-state index in [2.05, 4.69) is 24.3 Å². The molecule has 1 aromatic rings. The molecular formula is C19H24O3S. The van der Waals surface area contributed by atoms with Crippen LogP contribution in [0.5, 0.6) is 0 Å². The van der Waals surface area contributed by atoms with Crippen LogP contribution in [0.15, 0.2) is 41.3 Å². The van der Waals surface area contributed by atoms with Gasteiger partial charge in [-0.15, -0.1) is 11.8 Å².